The van der Waals surface area contributed by atoms with E-state index in [1.165, 1.54) is 5.56 Å². The van der Waals surface area contributed by atoms with E-state index in [0.29, 0.717) is 6.54 Å². The van der Waals surface area contributed by atoms with Gasteiger partial charge in [0.15, 0.2) is 0 Å². The maximum Gasteiger partial charge on any atom is 0.246 e. The molecule has 0 atom stereocenters. The van der Waals surface area contributed by atoms with Crippen LogP contribution in [0.5, 0.6) is 0 Å². The van der Waals surface area contributed by atoms with Crippen LogP contribution in [-0.4, -0.2) is 15.7 Å². The quantitative estimate of drug-likeness (QED) is 0.884. The van der Waals surface area contributed by atoms with Gasteiger partial charge in [-0.1, -0.05) is 19.1 Å². The average molecular weight is 286 g/mol. The summed E-state index contributed by atoms with van der Waals surface area (Å²) in [4.78, 5) is 12.1. The van der Waals surface area contributed by atoms with Crippen LogP contribution < -0.4 is 11.1 Å². The van der Waals surface area contributed by atoms with Gasteiger partial charge in [-0.25, -0.2) is 0 Å². The number of carbonyl (C=O) groups is 1. The Balaban J connectivity index is 2.04. The molecule has 0 bridgehead atoms. The van der Waals surface area contributed by atoms with Crippen molar-refractivity contribution in [1.29, 1.82) is 0 Å². The topological polar surface area (TPSA) is 72.9 Å². The molecule has 1 aromatic carbocycles. The fourth-order valence-corrected chi connectivity index (χ4v) is 2.46. The van der Waals surface area contributed by atoms with E-state index in [0.717, 1.165) is 29.1 Å². The first-order chi connectivity index (χ1) is 10.0. The summed E-state index contributed by atoms with van der Waals surface area (Å²) in [6, 6.07) is 7.54. The van der Waals surface area contributed by atoms with Gasteiger partial charge in [-0.2, -0.15) is 5.10 Å². The van der Waals surface area contributed by atoms with Crippen LogP contribution in [0.4, 0.5) is 5.69 Å². The van der Waals surface area contributed by atoms with Crippen LogP contribution >= 0.6 is 0 Å². The van der Waals surface area contributed by atoms with E-state index >= 15 is 0 Å². The molecule has 2 rings (SSSR count). The molecular weight excluding hydrogens is 264 g/mol. The van der Waals surface area contributed by atoms with E-state index in [1.54, 1.807) is 4.68 Å². The Hall–Kier alpha value is -2.14. The third-order valence-electron chi connectivity index (χ3n) is 3.65. The van der Waals surface area contributed by atoms with Gasteiger partial charge in [-0.3, -0.25) is 9.48 Å². The van der Waals surface area contributed by atoms with E-state index in [4.69, 9.17) is 5.73 Å². The van der Waals surface area contributed by atoms with Crippen LogP contribution in [0.3, 0.4) is 0 Å². The number of hydrogen-bond acceptors (Lipinski definition) is 3. The highest BCUT2D eigenvalue weighted by atomic mass is 16.2. The normalized spacial score (nSPS) is 10.7. The molecule has 1 amide bonds. The standard InChI is InChI=1S/C16H22N4O/c1-4-15-11(2)19-20(12(15)3)10-16(21)18-14-7-5-13(9-17)6-8-14/h5-8H,4,9-10,17H2,1-3H3,(H,18,21). The van der Waals surface area contributed by atoms with Gasteiger partial charge in [0.05, 0.1) is 5.69 Å². The maximum atomic E-state index is 12.1. The lowest BCUT2D eigenvalue weighted by molar-refractivity contribution is -0.116. The third kappa shape index (κ3) is 3.49. The zero-order valence-electron chi connectivity index (χ0n) is 12.8. The highest BCUT2D eigenvalue weighted by Gasteiger charge is 2.12. The number of nitrogens with zero attached hydrogens (tertiary/aromatic N) is 2. The molecular formula is C16H22N4O. The molecule has 1 aromatic heterocycles. The highest BCUT2D eigenvalue weighted by molar-refractivity contribution is 5.90. The van der Waals surface area contributed by atoms with Gasteiger partial charge < -0.3 is 11.1 Å². The Kier molecular flexibility index (Phi) is 4.75. The van der Waals surface area contributed by atoms with Crippen molar-refractivity contribution < 1.29 is 4.79 Å². The smallest absolute Gasteiger partial charge is 0.246 e. The lowest BCUT2D eigenvalue weighted by Gasteiger charge is -2.08. The molecule has 112 valence electrons. The van der Waals surface area contributed by atoms with E-state index in [-0.39, 0.29) is 12.5 Å². The number of anilines is 1. The first-order valence-corrected chi connectivity index (χ1v) is 7.16. The van der Waals surface area contributed by atoms with Crippen molar-refractivity contribution >= 4 is 11.6 Å². The minimum absolute atomic E-state index is 0.0799. The van der Waals surface area contributed by atoms with Gasteiger partial charge >= 0.3 is 0 Å². The van der Waals surface area contributed by atoms with Crippen molar-refractivity contribution in [1.82, 2.24) is 9.78 Å². The Morgan fingerprint density at radius 2 is 1.95 bits per heavy atom. The lowest BCUT2D eigenvalue weighted by Crippen LogP contribution is -2.20. The molecule has 0 aliphatic rings. The van der Waals surface area contributed by atoms with Crippen LogP contribution in [0.25, 0.3) is 0 Å². The predicted molar refractivity (Wildman–Crippen MR) is 84.0 cm³/mol. The summed E-state index contributed by atoms with van der Waals surface area (Å²) in [5.41, 5.74) is 10.6. The number of nitrogens with one attached hydrogen (secondary N) is 1. The van der Waals surface area contributed by atoms with Crippen LogP contribution in [0.1, 0.15) is 29.4 Å². The largest absolute Gasteiger partial charge is 0.326 e. The Bertz CT molecular complexity index is 628. The van der Waals surface area contributed by atoms with Crippen molar-refractivity contribution in [2.75, 3.05) is 5.32 Å². The van der Waals surface area contributed by atoms with Crippen molar-refractivity contribution in [2.45, 2.75) is 40.3 Å². The second kappa shape index (κ2) is 6.54. The van der Waals surface area contributed by atoms with Gasteiger partial charge in [-0.15, -0.1) is 0 Å². The van der Waals surface area contributed by atoms with Crippen molar-refractivity contribution in [3.05, 3.63) is 46.8 Å². The van der Waals surface area contributed by atoms with E-state index < -0.39 is 0 Å². The molecule has 5 heteroatoms. The molecule has 0 radical (unpaired) electrons. The van der Waals surface area contributed by atoms with Crippen molar-refractivity contribution in [3.8, 4) is 0 Å². The molecule has 2 aromatic rings. The summed E-state index contributed by atoms with van der Waals surface area (Å²) in [5.74, 6) is -0.0799. The molecule has 0 saturated heterocycles. The summed E-state index contributed by atoms with van der Waals surface area (Å²) < 4.78 is 1.76. The minimum atomic E-state index is -0.0799. The summed E-state index contributed by atoms with van der Waals surface area (Å²) in [6.07, 6.45) is 0.930. The summed E-state index contributed by atoms with van der Waals surface area (Å²) in [5, 5.41) is 7.30. The zero-order valence-corrected chi connectivity index (χ0v) is 12.8. The van der Waals surface area contributed by atoms with E-state index in [2.05, 4.69) is 17.3 Å². The molecule has 1 heterocycles. The van der Waals surface area contributed by atoms with Gasteiger partial charge in [-0.05, 0) is 43.5 Å². The molecule has 0 aliphatic carbocycles. The number of carbonyl (C=O) groups excluding carboxylic acids is 1. The minimum Gasteiger partial charge on any atom is -0.326 e. The third-order valence-corrected chi connectivity index (χ3v) is 3.65. The van der Waals surface area contributed by atoms with E-state index in [9.17, 15) is 4.79 Å². The number of aryl methyl sites for hydroxylation is 1. The number of aromatic nitrogens is 2. The second-order valence-corrected chi connectivity index (χ2v) is 5.11. The fourth-order valence-electron chi connectivity index (χ4n) is 2.46. The molecule has 0 fully saturated rings. The molecule has 0 saturated carbocycles. The number of hydrogen-bond donors (Lipinski definition) is 2. The van der Waals surface area contributed by atoms with E-state index in [1.807, 2.05) is 38.1 Å². The van der Waals surface area contributed by atoms with Crippen LogP contribution in [0.15, 0.2) is 24.3 Å². The zero-order chi connectivity index (χ0) is 15.4. The lowest BCUT2D eigenvalue weighted by atomic mass is 10.1. The number of amides is 1. The Morgan fingerprint density at radius 1 is 1.29 bits per heavy atom. The molecule has 5 nitrogen and oxygen atoms in total. The van der Waals surface area contributed by atoms with Crippen molar-refractivity contribution in [3.63, 3.8) is 0 Å². The van der Waals surface area contributed by atoms with Crippen molar-refractivity contribution in [2.24, 2.45) is 5.73 Å². The average Bonchev–Trinajstić information content (AvgIpc) is 2.73. The highest BCUT2D eigenvalue weighted by Crippen LogP contribution is 2.14. The SMILES string of the molecule is CCc1c(C)nn(CC(=O)Nc2ccc(CN)cc2)c1C. The van der Waals surface area contributed by atoms with Crippen LogP contribution in [-0.2, 0) is 24.3 Å². The molecule has 3 N–H and O–H groups in total. The molecule has 21 heavy (non-hydrogen) atoms. The monoisotopic (exact) mass is 286 g/mol. The predicted octanol–water partition coefficient (Wildman–Crippen LogP) is 2.16. The molecule has 0 unspecified atom stereocenters. The molecule has 0 spiro atoms. The first kappa shape index (κ1) is 15.3. The van der Waals surface area contributed by atoms with Crippen LogP contribution in [0, 0.1) is 13.8 Å². The molecule has 0 aliphatic heterocycles. The summed E-state index contributed by atoms with van der Waals surface area (Å²) >= 11 is 0. The number of rotatable bonds is 5. The summed E-state index contributed by atoms with van der Waals surface area (Å²) in [6.45, 7) is 6.81. The maximum absolute atomic E-state index is 12.1. The van der Waals surface area contributed by atoms with Gasteiger partial charge in [0.2, 0.25) is 5.91 Å². The summed E-state index contributed by atoms with van der Waals surface area (Å²) in [7, 11) is 0. The van der Waals surface area contributed by atoms with Gasteiger partial charge in [0.1, 0.15) is 6.54 Å². The van der Waals surface area contributed by atoms with Gasteiger partial charge in [0.25, 0.3) is 0 Å². The first-order valence-electron chi connectivity index (χ1n) is 7.16. The van der Waals surface area contributed by atoms with Crippen LogP contribution in [0.2, 0.25) is 0 Å². The fraction of sp³-hybridized carbons (Fsp3) is 0.375. The Morgan fingerprint density at radius 3 is 2.48 bits per heavy atom. The Labute approximate surface area is 125 Å². The second-order valence-electron chi connectivity index (χ2n) is 5.11. The number of benzene rings is 1. The van der Waals surface area contributed by atoms with Gasteiger partial charge in [0, 0.05) is 17.9 Å². The number of nitrogens with two attached hydrogens (primary N) is 1.